The average Bonchev–Trinajstić information content (AvgIpc) is 2.89. The molecule has 2 heterocycles. The Bertz CT molecular complexity index is 459. The summed E-state index contributed by atoms with van der Waals surface area (Å²) in [7, 11) is 0. The number of aromatic nitrogens is 2. The third kappa shape index (κ3) is 2.57. The van der Waals surface area contributed by atoms with Gasteiger partial charge in [-0.05, 0) is 4.92 Å². The third-order valence-electron chi connectivity index (χ3n) is 2.58. The average molecular weight is 254 g/mol. The van der Waals surface area contributed by atoms with Gasteiger partial charge >= 0.3 is 5.95 Å². The zero-order valence-corrected chi connectivity index (χ0v) is 9.51. The fraction of sp³-hybridized carbons (Fsp3) is 0.444. The van der Waals surface area contributed by atoms with Gasteiger partial charge in [-0.25, -0.2) is 4.57 Å². The smallest absolute Gasteiger partial charge is 0.390 e. The van der Waals surface area contributed by atoms with E-state index < -0.39 is 11.0 Å². The van der Waals surface area contributed by atoms with E-state index in [2.05, 4.69) is 10.3 Å². The van der Waals surface area contributed by atoms with E-state index in [0.717, 1.165) is 0 Å². The number of nitro groups is 1. The number of nitrogens with zero attached hydrogens (tertiary/aromatic N) is 4. The van der Waals surface area contributed by atoms with E-state index in [-0.39, 0.29) is 25.3 Å². The molecule has 2 unspecified atom stereocenters. The number of nitrogens with one attached hydrogen (secondary N) is 1. The molecule has 2 rings (SSSR count). The predicted molar refractivity (Wildman–Crippen MR) is 61.8 cm³/mol. The quantitative estimate of drug-likeness (QED) is 0.444. The maximum atomic E-state index is 10.6. The summed E-state index contributed by atoms with van der Waals surface area (Å²) in [5, 5.41) is 23.4. The van der Waals surface area contributed by atoms with Crippen molar-refractivity contribution in [2.24, 2.45) is 5.73 Å². The first-order valence-electron chi connectivity index (χ1n) is 5.35. The Morgan fingerprint density at radius 3 is 3.06 bits per heavy atom. The molecule has 1 aliphatic rings. The van der Waals surface area contributed by atoms with Crippen LogP contribution in [0.5, 0.6) is 0 Å². The molecule has 0 fully saturated rings. The van der Waals surface area contributed by atoms with Crippen LogP contribution >= 0.6 is 0 Å². The van der Waals surface area contributed by atoms with Gasteiger partial charge in [0.15, 0.2) is 6.29 Å². The molecule has 0 aliphatic carbocycles. The molecule has 0 spiro atoms. The number of aliphatic hydroxyl groups excluding tert-OH is 1. The zero-order valence-electron chi connectivity index (χ0n) is 9.51. The second-order valence-electron chi connectivity index (χ2n) is 3.91. The lowest BCUT2D eigenvalue weighted by atomic mass is 10.3. The second-order valence-corrected chi connectivity index (χ2v) is 3.91. The first-order valence-corrected chi connectivity index (χ1v) is 5.35. The highest BCUT2D eigenvalue weighted by Crippen LogP contribution is 2.09. The first kappa shape index (κ1) is 12.3. The Labute approximate surface area is 103 Å². The minimum absolute atomic E-state index is 0.0906. The molecule has 4 N–H and O–H groups in total. The summed E-state index contributed by atoms with van der Waals surface area (Å²) in [5.41, 5.74) is 5.69. The van der Waals surface area contributed by atoms with Crippen LogP contribution in [0.4, 0.5) is 5.95 Å². The summed E-state index contributed by atoms with van der Waals surface area (Å²) in [6, 6.07) is 0. The van der Waals surface area contributed by atoms with Gasteiger partial charge in [-0.3, -0.25) is 5.73 Å². The van der Waals surface area contributed by atoms with Crippen LogP contribution in [0.3, 0.4) is 0 Å². The number of nitrogens with two attached hydrogens (primary N) is 1. The molecule has 9 nitrogen and oxygen atoms in total. The van der Waals surface area contributed by atoms with Crippen molar-refractivity contribution in [2.45, 2.75) is 18.9 Å². The molecule has 0 saturated heterocycles. The van der Waals surface area contributed by atoms with E-state index in [1.54, 1.807) is 17.3 Å². The molecule has 1 aromatic rings. The SMILES string of the molecule is NC1NC=CN1CC(O)Cn1ccnc1[N+](=O)[O-]. The minimum atomic E-state index is -0.784. The van der Waals surface area contributed by atoms with E-state index in [1.807, 2.05) is 0 Å². The molecule has 0 bridgehead atoms. The Balaban J connectivity index is 1.94. The molecule has 0 radical (unpaired) electrons. The third-order valence-corrected chi connectivity index (χ3v) is 2.58. The summed E-state index contributed by atoms with van der Waals surface area (Å²) < 4.78 is 1.30. The molecule has 2 atom stereocenters. The number of hydrogen-bond acceptors (Lipinski definition) is 7. The summed E-state index contributed by atoms with van der Waals surface area (Å²) in [4.78, 5) is 15.4. The van der Waals surface area contributed by atoms with E-state index >= 15 is 0 Å². The molecule has 9 heteroatoms. The molecule has 18 heavy (non-hydrogen) atoms. The van der Waals surface area contributed by atoms with Gasteiger partial charge < -0.3 is 25.4 Å². The maximum Gasteiger partial charge on any atom is 0.434 e. The molecule has 0 saturated carbocycles. The molecule has 0 aromatic carbocycles. The summed E-state index contributed by atoms with van der Waals surface area (Å²) in [5.74, 6) is -0.284. The fourth-order valence-corrected chi connectivity index (χ4v) is 1.74. The summed E-state index contributed by atoms with van der Waals surface area (Å²) >= 11 is 0. The van der Waals surface area contributed by atoms with Gasteiger partial charge in [-0.2, -0.15) is 0 Å². The molecular weight excluding hydrogens is 240 g/mol. The van der Waals surface area contributed by atoms with Crippen LogP contribution in [-0.2, 0) is 6.54 Å². The molecule has 0 amide bonds. The van der Waals surface area contributed by atoms with E-state index in [0.29, 0.717) is 0 Å². The van der Waals surface area contributed by atoms with Crippen molar-refractivity contribution < 1.29 is 10.0 Å². The molecule has 98 valence electrons. The first-order chi connectivity index (χ1) is 8.58. The number of β-amino-alcohol motifs (C(OH)–C–C–N with tert-alkyl or cyclic N) is 1. The van der Waals surface area contributed by atoms with Crippen molar-refractivity contribution in [3.05, 3.63) is 34.9 Å². The standard InChI is InChI=1S/C9H14N6O3/c10-8-11-1-3-13(8)5-7(16)6-14-4-2-12-9(14)15(17)18/h1-4,7-8,11,16H,5-6,10H2. The summed E-state index contributed by atoms with van der Waals surface area (Å²) in [6.45, 7) is 0.368. The number of rotatable bonds is 5. The summed E-state index contributed by atoms with van der Waals surface area (Å²) in [6.07, 6.45) is 5.02. The monoisotopic (exact) mass is 254 g/mol. The Morgan fingerprint density at radius 2 is 2.44 bits per heavy atom. The maximum absolute atomic E-state index is 10.6. The van der Waals surface area contributed by atoms with Crippen molar-refractivity contribution in [1.82, 2.24) is 19.8 Å². The van der Waals surface area contributed by atoms with Crippen molar-refractivity contribution in [1.29, 1.82) is 0 Å². The number of hydrogen-bond donors (Lipinski definition) is 3. The van der Waals surface area contributed by atoms with Crippen molar-refractivity contribution in [2.75, 3.05) is 6.54 Å². The lowest BCUT2D eigenvalue weighted by molar-refractivity contribution is -0.397. The van der Waals surface area contributed by atoms with Crippen LogP contribution in [0.25, 0.3) is 0 Å². The Morgan fingerprint density at radius 1 is 1.67 bits per heavy atom. The Kier molecular flexibility index (Phi) is 3.44. The van der Waals surface area contributed by atoms with Gasteiger partial charge in [0.1, 0.15) is 18.5 Å². The van der Waals surface area contributed by atoms with Crippen LogP contribution in [0.2, 0.25) is 0 Å². The van der Waals surface area contributed by atoms with Crippen LogP contribution in [0, 0.1) is 10.1 Å². The number of aliphatic hydroxyl groups is 1. The highest BCUT2D eigenvalue weighted by Gasteiger charge is 2.21. The van der Waals surface area contributed by atoms with Crippen LogP contribution in [0.1, 0.15) is 0 Å². The van der Waals surface area contributed by atoms with Crippen LogP contribution in [-0.4, -0.2) is 43.4 Å². The minimum Gasteiger partial charge on any atom is -0.390 e. The topological polar surface area (TPSA) is 122 Å². The normalized spacial score (nSPS) is 19.9. The number of imidazole rings is 1. The zero-order chi connectivity index (χ0) is 13.1. The predicted octanol–water partition coefficient (Wildman–Crippen LogP) is -1.23. The van der Waals surface area contributed by atoms with Gasteiger partial charge in [-0.15, -0.1) is 0 Å². The molecule has 1 aromatic heterocycles. The van der Waals surface area contributed by atoms with Gasteiger partial charge in [0.05, 0.1) is 6.54 Å². The largest absolute Gasteiger partial charge is 0.434 e. The van der Waals surface area contributed by atoms with Crippen molar-refractivity contribution >= 4 is 5.95 Å². The lowest BCUT2D eigenvalue weighted by Crippen LogP contribution is -2.46. The second kappa shape index (κ2) is 5.02. The van der Waals surface area contributed by atoms with E-state index in [1.165, 1.54) is 17.0 Å². The van der Waals surface area contributed by atoms with Gasteiger partial charge in [0.2, 0.25) is 0 Å². The van der Waals surface area contributed by atoms with Gasteiger partial charge in [0.25, 0.3) is 0 Å². The van der Waals surface area contributed by atoms with Gasteiger partial charge in [-0.1, -0.05) is 4.98 Å². The van der Waals surface area contributed by atoms with E-state index in [4.69, 9.17) is 5.73 Å². The molecule has 1 aliphatic heterocycles. The van der Waals surface area contributed by atoms with Crippen molar-refractivity contribution in [3.63, 3.8) is 0 Å². The van der Waals surface area contributed by atoms with Crippen LogP contribution < -0.4 is 11.1 Å². The van der Waals surface area contributed by atoms with Gasteiger partial charge in [0, 0.05) is 18.9 Å². The van der Waals surface area contributed by atoms with E-state index in [9.17, 15) is 15.2 Å². The lowest BCUT2D eigenvalue weighted by Gasteiger charge is -2.24. The van der Waals surface area contributed by atoms with Crippen molar-refractivity contribution in [3.8, 4) is 0 Å². The highest BCUT2D eigenvalue weighted by atomic mass is 16.6. The van der Waals surface area contributed by atoms with Crippen LogP contribution in [0.15, 0.2) is 24.8 Å². The fourth-order valence-electron chi connectivity index (χ4n) is 1.74. The molecular formula is C9H14N6O3. The highest BCUT2D eigenvalue weighted by molar-refractivity contribution is 5.06. The Hall–Kier alpha value is -2.13.